The van der Waals surface area contributed by atoms with Crippen molar-refractivity contribution in [3.05, 3.63) is 106 Å². The minimum atomic E-state index is -0.725. The van der Waals surface area contributed by atoms with E-state index in [9.17, 15) is 9.59 Å². The van der Waals surface area contributed by atoms with Crippen molar-refractivity contribution >= 4 is 35.0 Å². The van der Waals surface area contributed by atoms with Gasteiger partial charge in [0.2, 0.25) is 11.8 Å². The summed E-state index contributed by atoms with van der Waals surface area (Å²) < 4.78 is 0. The van der Waals surface area contributed by atoms with E-state index in [1.165, 1.54) is 0 Å². The van der Waals surface area contributed by atoms with E-state index in [1.54, 1.807) is 29.2 Å². The Morgan fingerprint density at radius 3 is 2.00 bits per heavy atom. The van der Waals surface area contributed by atoms with E-state index in [-0.39, 0.29) is 31.4 Å². The summed E-state index contributed by atoms with van der Waals surface area (Å²) in [5, 5.41) is 13.2. The summed E-state index contributed by atoms with van der Waals surface area (Å²) in [5.41, 5.74) is 2.63. The molecule has 0 aliphatic rings. The van der Waals surface area contributed by atoms with Gasteiger partial charge in [0.25, 0.3) is 0 Å². The Labute approximate surface area is 210 Å². The minimum absolute atomic E-state index is 0.0202. The van der Waals surface area contributed by atoms with Gasteiger partial charge in [0, 0.05) is 36.2 Å². The number of carbonyl (C=O) groups is 2. The third-order valence-electron chi connectivity index (χ3n) is 5.44. The fraction of sp³-hybridized carbons (Fsp3) is 0.259. The summed E-state index contributed by atoms with van der Waals surface area (Å²) in [7, 11) is 0. The predicted molar refractivity (Wildman–Crippen MR) is 136 cm³/mol. The summed E-state index contributed by atoms with van der Waals surface area (Å²) in [6, 6.07) is 23.3. The number of benzene rings is 3. The zero-order valence-corrected chi connectivity index (χ0v) is 20.3. The fourth-order valence-electron chi connectivity index (χ4n) is 3.63. The average molecular weight is 499 g/mol. The molecular formula is C27H28Cl2N2O3. The highest BCUT2D eigenvalue weighted by Crippen LogP contribution is 2.19. The SMILES string of the molecule is O=C(NCCCO)[C@@H](Cc1ccccc1)N(Cc1ccc(Cl)cc1)C(=O)Cc1ccc(Cl)cc1. The Morgan fingerprint density at radius 2 is 1.41 bits per heavy atom. The molecule has 5 nitrogen and oxygen atoms in total. The number of aliphatic hydroxyl groups excluding tert-OH is 1. The summed E-state index contributed by atoms with van der Waals surface area (Å²) in [6.45, 7) is 0.572. The van der Waals surface area contributed by atoms with Crippen LogP contribution in [0.2, 0.25) is 10.0 Å². The van der Waals surface area contributed by atoms with Crippen molar-refractivity contribution in [1.29, 1.82) is 0 Å². The summed E-state index contributed by atoms with van der Waals surface area (Å²) in [6.07, 6.45) is 0.950. The van der Waals surface area contributed by atoms with Crippen LogP contribution in [0.15, 0.2) is 78.9 Å². The minimum Gasteiger partial charge on any atom is -0.396 e. The molecule has 0 radical (unpaired) electrons. The highest BCUT2D eigenvalue weighted by atomic mass is 35.5. The summed E-state index contributed by atoms with van der Waals surface area (Å²) in [4.78, 5) is 28.5. The average Bonchev–Trinajstić information content (AvgIpc) is 2.84. The van der Waals surface area contributed by atoms with Crippen LogP contribution in [0.3, 0.4) is 0 Å². The van der Waals surface area contributed by atoms with Gasteiger partial charge in [-0.3, -0.25) is 9.59 Å². The summed E-state index contributed by atoms with van der Waals surface area (Å²) in [5.74, 6) is -0.425. The number of nitrogens with one attached hydrogen (secondary N) is 1. The smallest absolute Gasteiger partial charge is 0.243 e. The van der Waals surface area contributed by atoms with Crippen molar-refractivity contribution in [3.63, 3.8) is 0 Å². The second kappa shape index (κ2) is 13.1. The highest BCUT2D eigenvalue weighted by molar-refractivity contribution is 6.30. The molecule has 3 aromatic rings. The monoisotopic (exact) mass is 498 g/mol. The largest absolute Gasteiger partial charge is 0.396 e. The zero-order valence-electron chi connectivity index (χ0n) is 18.8. The topological polar surface area (TPSA) is 69.6 Å². The normalized spacial score (nSPS) is 11.6. The van der Waals surface area contributed by atoms with Crippen molar-refractivity contribution in [2.45, 2.75) is 31.8 Å². The van der Waals surface area contributed by atoms with E-state index in [0.717, 1.165) is 16.7 Å². The number of hydrogen-bond acceptors (Lipinski definition) is 3. The van der Waals surface area contributed by atoms with E-state index >= 15 is 0 Å². The Kier molecular flexibility index (Phi) is 9.95. The first kappa shape index (κ1) is 25.8. The van der Waals surface area contributed by atoms with E-state index < -0.39 is 6.04 Å². The second-order valence-electron chi connectivity index (χ2n) is 8.03. The Bertz CT molecular complexity index is 1060. The molecule has 0 aliphatic carbocycles. The molecule has 2 N–H and O–H groups in total. The molecule has 1 atom stereocenters. The molecular weight excluding hydrogens is 471 g/mol. The van der Waals surface area contributed by atoms with Gasteiger partial charge < -0.3 is 15.3 Å². The van der Waals surface area contributed by atoms with Crippen LogP contribution >= 0.6 is 23.2 Å². The van der Waals surface area contributed by atoms with Gasteiger partial charge in [-0.2, -0.15) is 0 Å². The molecule has 3 aromatic carbocycles. The number of halogens is 2. The number of carbonyl (C=O) groups excluding carboxylic acids is 2. The standard InChI is InChI=1S/C27H28Cl2N2O3/c28-23-11-7-21(8-12-23)18-26(33)31(19-22-9-13-24(29)14-10-22)25(27(34)30-15-4-16-32)17-20-5-2-1-3-6-20/h1-3,5-14,25,32H,4,15-19H2,(H,30,34)/t25-/m1/s1. The predicted octanol–water partition coefficient (Wildman–Crippen LogP) is 4.67. The maximum absolute atomic E-state index is 13.6. The number of hydrogen-bond donors (Lipinski definition) is 2. The maximum Gasteiger partial charge on any atom is 0.243 e. The van der Waals surface area contributed by atoms with Gasteiger partial charge in [0.05, 0.1) is 6.42 Å². The Hall–Kier alpha value is -2.86. The lowest BCUT2D eigenvalue weighted by molar-refractivity contribution is -0.140. The van der Waals surface area contributed by atoms with Crippen LogP contribution in [0.1, 0.15) is 23.1 Å². The number of nitrogens with zero attached hydrogens (tertiary/aromatic N) is 1. The van der Waals surface area contributed by atoms with Gasteiger partial charge in [-0.15, -0.1) is 0 Å². The number of rotatable bonds is 11. The van der Waals surface area contributed by atoms with Crippen LogP contribution in [0.25, 0.3) is 0 Å². The lowest BCUT2D eigenvalue weighted by Crippen LogP contribution is -2.51. The van der Waals surface area contributed by atoms with Crippen molar-refractivity contribution < 1.29 is 14.7 Å². The van der Waals surface area contributed by atoms with Crippen molar-refractivity contribution in [2.24, 2.45) is 0 Å². The van der Waals surface area contributed by atoms with Crippen molar-refractivity contribution in [2.75, 3.05) is 13.2 Å². The molecule has 0 aliphatic heterocycles. The first-order chi connectivity index (χ1) is 16.5. The first-order valence-corrected chi connectivity index (χ1v) is 11.9. The van der Waals surface area contributed by atoms with Crippen LogP contribution in [-0.2, 0) is 29.0 Å². The summed E-state index contributed by atoms with van der Waals surface area (Å²) >= 11 is 12.0. The van der Waals surface area contributed by atoms with Crippen molar-refractivity contribution in [1.82, 2.24) is 10.2 Å². The molecule has 0 spiro atoms. The molecule has 34 heavy (non-hydrogen) atoms. The Morgan fingerprint density at radius 1 is 0.824 bits per heavy atom. The maximum atomic E-state index is 13.6. The van der Waals surface area contributed by atoms with E-state index in [1.807, 2.05) is 54.6 Å². The van der Waals surface area contributed by atoms with Gasteiger partial charge in [0.1, 0.15) is 6.04 Å². The molecule has 7 heteroatoms. The van der Waals surface area contributed by atoms with Crippen LogP contribution in [-0.4, -0.2) is 41.0 Å². The molecule has 0 unspecified atom stereocenters. The molecule has 0 fully saturated rings. The van der Waals surface area contributed by atoms with E-state index in [0.29, 0.717) is 29.4 Å². The number of aliphatic hydroxyl groups is 1. The first-order valence-electron chi connectivity index (χ1n) is 11.2. The molecule has 2 amide bonds. The van der Waals surface area contributed by atoms with Gasteiger partial charge in [-0.1, -0.05) is 77.8 Å². The fourth-order valence-corrected chi connectivity index (χ4v) is 3.88. The van der Waals surface area contributed by atoms with Crippen LogP contribution < -0.4 is 5.32 Å². The van der Waals surface area contributed by atoms with Gasteiger partial charge in [0.15, 0.2) is 0 Å². The lowest BCUT2D eigenvalue weighted by atomic mass is 10.0. The molecule has 0 saturated carbocycles. The Balaban J connectivity index is 1.92. The third-order valence-corrected chi connectivity index (χ3v) is 5.94. The lowest BCUT2D eigenvalue weighted by Gasteiger charge is -2.31. The molecule has 0 bridgehead atoms. The quantitative estimate of drug-likeness (QED) is 0.377. The van der Waals surface area contributed by atoms with Gasteiger partial charge >= 0.3 is 0 Å². The molecule has 3 rings (SSSR count). The molecule has 0 aromatic heterocycles. The molecule has 0 heterocycles. The van der Waals surface area contributed by atoms with E-state index in [2.05, 4.69) is 5.32 Å². The third kappa shape index (κ3) is 7.87. The van der Waals surface area contributed by atoms with Crippen LogP contribution in [0, 0.1) is 0 Å². The van der Waals surface area contributed by atoms with Gasteiger partial charge in [-0.05, 0) is 47.4 Å². The van der Waals surface area contributed by atoms with Crippen LogP contribution in [0.4, 0.5) is 0 Å². The zero-order chi connectivity index (χ0) is 24.3. The highest BCUT2D eigenvalue weighted by Gasteiger charge is 2.30. The second-order valence-corrected chi connectivity index (χ2v) is 8.90. The van der Waals surface area contributed by atoms with E-state index in [4.69, 9.17) is 28.3 Å². The number of amides is 2. The van der Waals surface area contributed by atoms with Gasteiger partial charge in [-0.25, -0.2) is 0 Å². The molecule has 0 saturated heterocycles. The molecule has 178 valence electrons. The van der Waals surface area contributed by atoms with Crippen molar-refractivity contribution in [3.8, 4) is 0 Å². The van der Waals surface area contributed by atoms with Crippen LogP contribution in [0.5, 0.6) is 0 Å².